The molecular weight excluding hydrogens is 442 g/mol. The van der Waals surface area contributed by atoms with Gasteiger partial charge in [-0.1, -0.05) is 35.9 Å². The SMILES string of the molecule is CNC(=O)[C@H](C)N(Cc1cccc(C)c1)C(=O)CCCN(c1cccc(OC)c1)S(C)(=O)=O. The van der Waals surface area contributed by atoms with Gasteiger partial charge in [-0.2, -0.15) is 0 Å². The molecule has 1 N–H and O–H groups in total. The molecule has 0 heterocycles. The molecule has 0 saturated carbocycles. The van der Waals surface area contributed by atoms with Crippen LogP contribution in [0.15, 0.2) is 48.5 Å². The Kier molecular flexibility index (Phi) is 9.28. The molecule has 9 heteroatoms. The molecule has 33 heavy (non-hydrogen) atoms. The van der Waals surface area contributed by atoms with Gasteiger partial charge in [0, 0.05) is 32.6 Å². The Hall–Kier alpha value is -3.07. The number of benzene rings is 2. The molecule has 0 fully saturated rings. The van der Waals surface area contributed by atoms with Crippen LogP contribution in [0.25, 0.3) is 0 Å². The van der Waals surface area contributed by atoms with Gasteiger partial charge in [0.05, 0.1) is 19.1 Å². The van der Waals surface area contributed by atoms with E-state index in [2.05, 4.69) is 5.32 Å². The molecule has 0 saturated heterocycles. The summed E-state index contributed by atoms with van der Waals surface area (Å²) in [5.41, 5.74) is 2.46. The van der Waals surface area contributed by atoms with E-state index in [4.69, 9.17) is 4.74 Å². The maximum Gasteiger partial charge on any atom is 0.242 e. The van der Waals surface area contributed by atoms with E-state index >= 15 is 0 Å². The van der Waals surface area contributed by atoms with E-state index in [0.717, 1.165) is 17.4 Å². The molecule has 2 aromatic carbocycles. The van der Waals surface area contributed by atoms with Gasteiger partial charge in [0.15, 0.2) is 0 Å². The molecule has 8 nitrogen and oxygen atoms in total. The number of rotatable bonds is 11. The molecule has 0 spiro atoms. The number of nitrogens with one attached hydrogen (secondary N) is 1. The number of nitrogens with zero attached hydrogens (tertiary/aromatic N) is 2. The fourth-order valence-electron chi connectivity index (χ4n) is 3.57. The summed E-state index contributed by atoms with van der Waals surface area (Å²) in [6.07, 6.45) is 1.53. The van der Waals surface area contributed by atoms with E-state index in [1.165, 1.54) is 23.4 Å². The summed E-state index contributed by atoms with van der Waals surface area (Å²) in [5.74, 6) is 0.0674. The molecule has 0 radical (unpaired) electrons. The van der Waals surface area contributed by atoms with Crippen LogP contribution < -0.4 is 14.4 Å². The summed E-state index contributed by atoms with van der Waals surface area (Å²) in [4.78, 5) is 26.9. The molecule has 0 aliphatic heterocycles. The maximum atomic E-state index is 13.1. The molecule has 0 unspecified atom stereocenters. The zero-order chi connectivity index (χ0) is 24.6. The first-order chi connectivity index (χ1) is 15.6. The van der Waals surface area contributed by atoms with Crippen LogP contribution in [0, 0.1) is 6.92 Å². The third kappa shape index (κ3) is 7.49. The lowest BCUT2D eigenvalue weighted by Gasteiger charge is -2.29. The summed E-state index contributed by atoms with van der Waals surface area (Å²) < 4.78 is 31.2. The average Bonchev–Trinajstić information content (AvgIpc) is 2.78. The minimum absolute atomic E-state index is 0.100. The zero-order valence-corrected chi connectivity index (χ0v) is 20.7. The summed E-state index contributed by atoms with van der Waals surface area (Å²) in [7, 11) is -0.513. The van der Waals surface area contributed by atoms with Crippen molar-refractivity contribution in [2.75, 3.05) is 31.3 Å². The van der Waals surface area contributed by atoms with Crippen LogP contribution in [0.4, 0.5) is 5.69 Å². The number of aryl methyl sites for hydroxylation is 1. The topological polar surface area (TPSA) is 96.0 Å². The number of hydrogen-bond acceptors (Lipinski definition) is 5. The zero-order valence-electron chi connectivity index (χ0n) is 19.9. The van der Waals surface area contributed by atoms with Crippen LogP contribution in [0.3, 0.4) is 0 Å². The van der Waals surface area contributed by atoms with Crippen molar-refractivity contribution in [3.63, 3.8) is 0 Å². The van der Waals surface area contributed by atoms with Gasteiger partial charge in [-0.05, 0) is 38.0 Å². The van der Waals surface area contributed by atoms with Gasteiger partial charge in [0.2, 0.25) is 21.8 Å². The number of likely N-dealkylation sites (N-methyl/N-ethyl adjacent to an activating group) is 1. The highest BCUT2D eigenvalue weighted by atomic mass is 32.2. The van der Waals surface area contributed by atoms with Crippen LogP contribution in [0.5, 0.6) is 5.75 Å². The minimum atomic E-state index is -3.56. The Morgan fingerprint density at radius 1 is 1.12 bits per heavy atom. The van der Waals surface area contributed by atoms with Crippen molar-refractivity contribution >= 4 is 27.5 Å². The van der Waals surface area contributed by atoms with Gasteiger partial charge in [0.25, 0.3) is 0 Å². The van der Waals surface area contributed by atoms with Crippen molar-refractivity contribution in [1.82, 2.24) is 10.2 Å². The second kappa shape index (κ2) is 11.7. The predicted octanol–water partition coefficient (Wildman–Crippen LogP) is 2.71. The van der Waals surface area contributed by atoms with Crippen molar-refractivity contribution in [3.8, 4) is 5.75 Å². The molecular formula is C24H33N3O5S. The number of amides is 2. The number of anilines is 1. The molecule has 0 aromatic heterocycles. The van der Waals surface area contributed by atoms with Crippen molar-refractivity contribution in [2.45, 2.75) is 39.3 Å². The molecule has 0 aliphatic rings. The van der Waals surface area contributed by atoms with Crippen molar-refractivity contribution < 1.29 is 22.7 Å². The molecule has 2 amide bonds. The third-order valence-corrected chi connectivity index (χ3v) is 6.54. The minimum Gasteiger partial charge on any atom is -0.497 e. The second-order valence-corrected chi connectivity index (χ2v) is 9.85. The van der Waals surface area contributed by atoms with Crippen LogP contribution in [-0.2, 0) is 26.2 Å². The fourth-order valence-corrected chi connectivity index (χ4v) is 4.53. The van der Waals surface area contributed by atoms with Crippen LogP contribution >= 0.6 is 0 Å². The quantitative estimate of drug-likeness (QED) is 0.539. The summed E-state index contributed by atoms with van der Waals surface area (Å²) in [6, 6.07) is 13.9. The standard InChI is InChI=1S/C24H33N3O5S/c1-18-9-6-10-20(15-18)17-26(19(2)24(29)25-3)23(28)13-8-14-27(33(5,30)31)21-11-7-12-22(16-21)32-4/h6-7,9-12,15-16,19H,8,13-14,17H2,1-5H3,(H,25,29)/t19-/m0/s1. The number of hydrogen-bond donors (Lipinski definition) is 1. The van der Waals surface area contributed by atoms with Crippen molar-refractivity contribution in [2.24, 2.45) is 0 Å². The first kappa shape index (κ1) is 26.2. The van der Waals surface area contributed by atoms with E-state index < -0.39 is 16.1 Å². The molecule has 1 atom stereocenters. The van der Waals surface area contributed by atoms with Crippen LogP contribution in [0.2, 0.25) is 0 Å². The highest BCUT2D eigenvalue weighted by molar-refractivity contribution is 7.92. The van der Waals surface area contributed by atoms with Gasteiger partial charge in [-0.25, -0.2) is 8.42 Å². The molecule has 0 aliphatic carbocycles. The lowest BCUT2D eigenvalue weighted by atomic mass is 10.1. The van der Waals surface area contributed by atoms with Gasteiger partial charge in [0.1, 0.15) is 11.8 Å². The van der Waals surface area contributed by atoms with Gasteiger partial charge < -0.3 is 15.0 Å². The van der Waals surface area contributed by atoms with E-state index in [1.807, 2.05) is 31.2 Å². The largest absolute Gasteiger partial charge is 0.497 e. The predicted molar refractivity (Wildman–Crippen MR) is 130 cm³/mol. The Morgan fingerprint density at radius 3 is 2.42 bits per heavy atom. The fraction of sp³-hybridized carbons (Fsp3) is 0.417. The monoisotopic (exact) mass is 475 g/mol. The Labute approximate surface area is 196 Å². The molecule has 180 valence electrons. The highest BCUT2D eigenvalue weighted by Crippen LogP contribution is 2.24. The normalized spacial score (nSPS) is 12.0. The Bertz CT molecular complexity index is 1070. The lowest BCUT2D eigenvalue weighted by molar-refractivity contribution is -0.140. The molecule has 2 aromatic rings. The Morgan fingerprint density at radius 2 is 1.82 bits per heavy atom. The first-order valence-corrected chi connectivity index (χ1v) is 12.6. The van der Waals surface area contributed by atoms with Crippen molar-refractivity contribution in [1.29, 1.82) is 0 Å². The van der Waals surface area contributed by atoms with E-state index in [0.29, 0.717) is 24.4 Å². The van der Waals surface area contributed by atoms with Gasteiger partial charge in [-0.3, -0.25) is 13.9 Å². The molecule has 0 bridgehead atoms. The summed E-state index contributed by atoms with van der Waals surface area (Å²) in [6.45, 7) is 4.08. The van der Waals surface area contributed by atoms with E-state index in [9.17, 15) is 18.0 Å². The second-order valence-electron chi connectivity index (χ2n) is 7.94. The van der Waals surface area contributed by atoms with Gasteiger partial charge >= 0.3 is 0 Å². The number of carbonyl (C=O) groups is 2. The maximum absolute atomic E-state index is 13.1. The van der Waals surface area contributed by atoms with Gasteiger partial charge in [-0.15, -0.1) is 0 Å². The lowest BCUT2D eigenvalue weighted by Crippen LogP contribution is -2.46. The number of sulfonamides is 1. The Balaban J connectivity index is 2.15. The third-order valence-electron chi connectivity index (χ3n) is 5.34. The summed E-state index contributed by atoms with van der Waals surface area (Å²) in [5, 5.41) is 2.59. The van der Waals surface area contributed by atoms with E-state index in [-0.39, 0.29) is 24.8 Å². The van der Waals surface area contributed by atoms with Crippen molar-refractivity contribution in [3.05, 3.63) is 59.7 Å². The first-order valence-electron chi connectivity index (χ1n) is 10.7. The summed E-state index contributed by atoms with van der Waals surface area (Å²) >= 11 is 0. The average molecular weight is 476 g/mol. The number of ether oxygens (including phenoxy) is 1. The number of carbonyl (C=O) groups excluding carboxylic acids is 2. The van der Waals surface area contributed by atoms with E-state index in [1.54, 1.807) is 31.2 Å². The van der Waals surface area contributed by atoms with Crippen LogP contribution in [-0.4, -0.2) is 58.1 Å². The smallest absolute Gasteiger partial charge is 0.242 e. The molecule has 2 rings (SSSR count). The highest BCUT2D eigenvalue weighted by Gasteiger charge is 2.26. The number of methoxy groups -OCH3 is 1. The van der Waals surface area contributed by atoms with Crippen LogP contribution in [0.1, 0.15) is 30.9 Å².